The van der Waals surface area contributed by atoms with Gasteiger partial charge in [0, 0.05) is 32.3 Å². The van der Waals surface area contributed by atoms with Crippen molar-refractivity contribution in [1.29, 1.82) is 0 Å². The lowest BCUT2D eigenvalue weighted by Crippen LogP contribution is -2.22. The first-order chi connectivity index (χ1) is 8.74. The van der Waals surface area contributed by atoms with Crippen molar-refractivity contribution >= 4 is 11.6 Å². The van der Waals surface area contributed by atoms with Crippen LogP contribution < -0.4 is 10.2 Å². The summed E-state index contributed by atoms with van der Waals surface area (Å²) in [6.07, 6.45) is 2.52. The highest BCUT2D eigenvalue weighted by Crippen LogP contribution is 2.29. The Morgan fingerprint density at radius 2 is 2.17 bits per heavy atom. The van der Waals surface area contributed by atoms with Gasteiger partial charge in [0.15, 0.2) is 5.82 Å². The molecule has 5 heteroatoms. The van der Waals surface area contributed by atoms with Crippen LogP contribution in [0.3, 0.4) is 0 Å². The van der Waals surface area contributed by atoms with Crippen molar-refractivity contribution in [2.45, 2.75) is 39.3 Å². The number of ether oxygens (including phenoxy) is 1. The van der Waals surface area contributed by atoms with E-state index in [1.807, 2.05) is 13.0 Å². The lowest BCUT2D eigenvalue weighted by atomic mass is 10.4. The van der Waals surface area contributed by atoms with Crippen LogP contribution in [-0.4, -0.2) is 36.2 Å². The molecule has 100 valence electrons. The van der Waals surface area contributed by atoms with Crippen molar-refractivity contribution in [2.24, 2.45) is 0 Å². The molecule has 0 amide bonds. The Morgan fingerprint density at radius 1 is 1.39 bits per heavy atom. The van der Waals surface area contributed by atoms with Crippen molar-refractivity contribution in [2.75, 3.05) is 30.4 Å². The second-order valence-corrected chi connectivity index (χ2v) is 4.54. The zero-order chi connectivity index (χ0) is 13.0. The SMILES string of the molecule is CCNc1cc(N(C)C2CC2)nc(COCC)n1. The monoisotopic (exact) mass is 250 g/mol. The van der Waals surface area contributed by atoms with Crippen LogP contribution in [0, 0.1) is 0 Å². The molecule has 5 nitrogen and oxygen atoms in total. The molecule has 0 aliphatic heterocycles. The first-order valence-electron chi connectivity index (χ1n) is 6.67. The minimum absolute atomic E-state index is 0.473. The average molecular weight is 250 g/mol. The van der Waals surface area contributed by atoms with E-state index in [0.29, 0.717) is 19.3 Å². The predicted molar refractivity (Wildman–Crippen MR) is 73.0 cm³/mol. The Kier molecular flexibility index (Phi) is 4.36. The van der Waals surface area contributed by atoms with Crippen LogP contribution in [0.2, 0.25) is 0 Å². The molecule has 0 bridgehead atoms. The van der Waals surface area contributed by atoms with E-state index < -0.39 is 0 Å². The van der Waals surface area contributed by atoms with Gasteiger partial charge in [-0.1, -0.05) is 0 Å². The van der Waals surface area contributed by atoms with E-state index in [-0.39, 0.29) is 0 Å². The van der Waals surface area contributed by atoms with Gasteiger partial charge < -0.3 is 15.0 Å². The highest BCUT2D eigenvalue weighted by atomic mass is 16.5. The van der Waals surface area contributed by atoms with Gasteiger partial charge in [0.05, 0.1) is 0 Å². The maximum Gasteiger partial charge on any atom is 0.158 e. The van der Waals surface area contributed by atoms with Gasteiger partial charge in [-0.2, -0.15) is 0 Å². The van der Waals surface area contributed by atoms with Gasteiger partial charge in [0.1, 0.15) is 18.2 Å². The van der Waals surface area contributed by atoms with Crippen LogP contribution in [0.25, 0.3) is 0 Å². The average Bonchev–Trinajstić information content (AvgIpc) is 3.20. The molecule has 0 radical (unpaired) electrons. The highest BCUT2D eigenvalue weighted by Gasteiger charge is 2.27. The van der Waals surface area contributed by atoms with E-state index in [2.05, 4.69) is 34.2 Å². The van der Waals surface area contributed by atoms with Crippen molar-refractivity contribution in [3.63, 3.8) is 0 Å². The third-order valence-corrected chi connectivity index (χ3v) is 3.01. The molecule has 0 spiro atoms. The van der Waals surface area contributed by atoms with Gasteiger partial charge in [0.25, 0.3) is 0 Å². The Labute approximate surface area is 109 Å². The number of aromatic nitrogens is 2. The standard InChI is InChI=1S/C13H22N4O/c1-4-14-11-8-13(17(3)10-6-7-10)16-12(15-11)9-18-5-2/h8,10H,4-7,9H2,1-3H3,(H,14,15,16). The van der Waals surface area contributed by atoms with E-state index >= 15 is 0 Å². The third-order valence-electron chi connectivity index (χ3n) is 3.01. The molecule has 1 aromatic heterocycles. The topological polar surface area (TPSA) is 50.3 Å². The fourth-order valence-corrected chi connectivity index (χ4v) is 1.84. The van der Waals surface area contributed by atoms with Crippen LogP contribution in [-0.2, 0) is 11.3 Å². The molecule has 0 aromatic carbocycles. The van der Waals surface area contributed by atoms with Gasteiger partial charge >= 0.3 is 0 Å². The zero-order valence-electron chi connectivity index (χ0n) is 11.4. The second kappa shape index (κ2) is 6.00. The summed E-state index contributed by atoms with van der Waals surface area (Å²) >= 11 is 0. The molecule has 1 aliphatic carbocycles. The van der Waals surface area contributed by atoms with Crippen LogP contribution in [0.4, 0.5) is 11.6 Å². The molecule has 1 fully saturated rings. The minimum Gasteiger partial charge on any atom is -0.374 e. The molecule has 18 heavy (non-hydrogen) atoms. The summed E-state index contributed by atoms with van der Waals surface area (Å²) in [4.78, 5) is 11.2. The van der Waals surface area contributed by atoms with Gasteiger partial charge in [-0.15, -0.1) is 0 Å². The number of hydrogen-bond acceptors (Lipinski definition) is 5. The summed E-state index contributed by atoms with van der Waals surface area (Å²) in [5, 5.41) is 3.25. The summed E-state index contributed by atoms with van der Waals surface area (Å²) in [7, 11) is 2.10. The van der Waals surface area contributed by atoms with Gasteiger partial charge in [-0.25, -0.2) is 9.97 Å². The third kappa shape index (κ3) is 3.32. The molecular weight excluding hydrogens is 228 g/mol. The van der Waals surface area contributed by atoms with Crippen molar-refractivity contribution in [1.82, 2.24) is 9.97 Å². The predicted octanol–water partition coefficient (Wildman–Crippen LogP) is 2.04. The Hall–Kier alpha value is -1.36. The molecule has 1 aliphatic rings. The first kappa shape index (κ1) is 13.1. The number of anilines is 2. The van der Waals surface area contributed by atoms with E-state index in [4.69, 9.17) is 4.74 Å². The van der Waals surface area contributed by atoms with E-state index in [0.717, 1.165) is 24.0 Å². The molecule has 0 saturated heterocycles. The number of rotatable bonds is 7. The lowest BCUT2D eigenvalue weighted by Gasteiger charge is -2.19. The van der Waals surface area contributed by atoms with E-state index in [9.17, 15) is 0 Å². The van der Waals surface area contributed by atoms with Crippen LogP contribution in [0.15, 0.2) is 6.07 Å². The molecular formula is C13H22N4O. The van der Waals surface area contributed by atoms with Gasteiger partial charge in [-0.05, 0) is 26.7 Å². The number of nitrogens with one attached hydrogen (secondary N) is 1. The normalized spacial score (nSPS) is 14.6. The molecule has 2 rings (SSSR count). The summed E-state index contributed by atoms with van der Waals surface area (Å²) in [5.74, 6) is 2.61. The quantitative estimate of drug-likeness (QED) is 0.802. The zero-order valence-corrected chi connectivity index (χ0v) is 11.4. The summed E-state index contributed by atoms with van der Waals surface area (Å²) < 4.78 is 5.39. The van der Waals surface area contributed by atoms with Gasteiger partial charge in [-0.3, -0.25) is 0 Å². The van der Waals surface area contributed by atoms with Crippen molar-refractivity contribution < 1.29 is 4.74 Å². The second-order valence-electron chi connectivity index (χ2n) is 4.54. The summed E-state index contributed by atoms with van der Waals surface area (Å²) in [6, 6.07) is 2.66. The Morgan fingerprint density at radius 3 is 2.78 bits per heavy atom. The Bertz CT molecular complexity index is 393. The lowest BCUT2D eigenvalue weighted by molar-refractivity contribution is 0.128. The summed E-state index contributed by atoms with van der Waals surface area (Å²) in [6.45, 7) is 6.06. The molecule has 0 unspecified atom stereocenters. The van der Waals surface area contributed by atoms with Gasteiger partial charge in [0.2, 0.25) is 0 Å². The molecule has 0 atom stereocenters. The van der Waals surface area contributed by atoms with Crippen LogP contribution >= 0.6 is 0 Å². The molecule has 1 aromatic rings. The number of hydrogen-bond donors (Lipinski definition) is 1. The fourth-order valence-electron chi connectivity index (χ4n) is 1.84. The summed E-state index contributed by atoms with van der Waals surface area (Å²) in [5.41, 5.74) is 0. The van der Waals surface area contributed by atoms with Crippen molar-refractivity contribution in [3.05, 3.63) is 11.9 Å². The maximum atomic E-state index is 5.39. The molecule has 1 heterocycles. The van der Waals surface area contributed by atoms with E-state index in [1.165, 1.54) is 12.8 Å². The minimum atomic E-state index is 0.473. The van der Waals surface area contributed by atoms with E-state index in [1.54, 1.807) is 0 Å². The Balaban J connectivity index is 2.17. The fraction of sp³-hybridized carbons (Fsp3) is 0.692. The molecule has 1 saturated carbocycles. The first-order valence-corrected chi connectivity index (χ1v) is 6.67. The van der Waals surface area contributed by atoms with Crippen molar-refractivity contribution in [3.8, 4) is 0 Å². The highest BCUT2D eigenvalue weighted by molar-refractivity contribution is 5.50. The van der Waals surface area contributed by atoms with Crippen LogP contribution in [0.1, 0.15) is 32.5 Å². The largest absolute Gasteiger partial charge is 0.374 e. The smallest absolute Gasteiger partial charge is 0.158 e. The molecule has 1 N–H and O–H groups in total. The number of nitrogens with zero attached hydrogens (tertiary/aromatic N) is 3. The van der Waals surface area contributed by atoms with Crippen LogP contribution in [0.5, 0.6) is 0 Å². The maximum absolute atomic E-state index is 5.39.